The third-order valence-electron chi connectivity index (χ3n) is 4.73. The fraction of sp³-hybridized carbons (Fsp3) is 0.381. The van der Waals surface area contributed by atoms with Crippen molar-refractivity contribution in [3.05, 3.63) is 59.2 Å². The second kappa shape index (κ2) is 7.52. The van der Waals surface area contributed by atoms with Crippen molar-refractivity contribution >= 4 is 17.3 Å². The lowest BCUT2D eigenvalue weighted by Crippen LogP contribution is -2.23. The van der Waals surface area contributed by atoms with Gasteiger partial charge in [-0.1, -0.05) is 30.5 Å². The normalized spacial score (nSPS) is 15.0. The van der Waals surface area contributed by atoms with E-state index in [1.165, 1.54) is 31.4 Å². The number of nitrogens with zero attached hydrogens (tertiary/aromatic N) is 1. The highest BCUT2D eigenvalue weighted by Gasteiger charge is 2.12. The number of hydrogen-bond acceptors (Lipinski definition) is 2. The molecule has 1 aliphatic heterocycles. The molecule has 0 aliphatic carbocycles. The molecule has 1 amide bonds. The third-order valence-corrected chi connectivity index (χ3v) is 4.73. The van der Waals surface area contributed by atoms with E-state index >= 15 is 0 Å². The first kappa shape index (κ1) is 16.6. The van der Waals surface area contributed by atoms with Crippen LogP contribution in [0.25, 0.3) is 0 Å². The summed E-state index contributed by atoms with van der Waals surface area (Å²) in [7, 11) is 0. The molecule has 1 heterocycles. The van der Waals surface area contributed by atoms with Crippen LogP contribution in [0.5, 0.6) is 0 Å². The first-order chi connectivity index (χ1) is 11.6. The number of carbonyl (C=O) groups excluding carboxylic acids is 1. The van der Waals surface area contributed by atoms with E-state index in [1.54, 1.807) is 0 Å². The van der Waals surface area contributed by atoms with Crippen molar-refractivity contribution in [1.82, 2.24) is 0 Å². The van der Waals surface area contributed by atoms with Crippen LogP contribution in [0, 0.1) is 13.8 Å². The van der Waals surface area contributed by atoms with Crippen molar-refractivity contribution in [2.75, 3.05) is 23.3 Å². The van der Waals surface area contributed by atoms with Gasteiger partial charge in [-0.15, -0.1) is 0 Å². The van der Waals surface area contributed by atoms with Crippen molar-refractivity contribution in [2.24, 2.45) is 0 Å². The molecule has 1 fully saturated rings. The lowest BCUT2D eigenvalue weighted by atomic mass is 10.0. The summed E-state index contributed by atoms with van der Waals surface area (Å²) in [5.74, 6) is -0.0428. The van der Waals surface area contributed by atoms with Gasteiger partial charge < -0.3 is 10.2 Å². The number of rotatable bonds is 3. The molecule has 3 heteroatoms. The molecule has 0 spiro atoms. The minimum atomic E-state index is -0.0428. The molecule has 2 aromatic carbocycles. The predicted molar refractivity (Wildman–Crippen MR) is 101 cm³/mol. The van der Waals surface area contributed by atoms with Gasteiger partial charge in [0.2, 0.25) is 0 Å². The highest BCUT2D eigenvalue weighted by atomic mass is 16.1. The van der Waals surface area contributed by atoms with Crippen LogP contribution in [0.3, 0.4) is 0 Å². The number of anilines is 2. The number of carbonyl (C=O) groups is 1. The van der Waals surface area contributed by atoms with Gasteiger partial charge in [0.15, 0.2) is 0 Å². The lowest BCUT2D eigenvalue weighted by Gasteiger charge is -2.22. The SMILES string of the molecule is Cc1ccc(C)c(C(=O)Nc2ccc(N3CCCCCC3)cc2)c1. The molecule has 3 rings (SSSR count). The smallest absolute Gasteiger partial charge is 0.255 e. The van der Waals surface area contributed by atoms with E-state index in [4.69, 9.17) is 0 Å². The van der Waals surface area contributed by atoms with Crippen molar-refractivity contribution < 1.29 is 4.79 Å². The maximum absolute atomic E-state index is 12.5. The summed E-state index contributed by atoms with van der Waals surface area (Å²) in [6.45, 7) is 6.24. The minimum Gasteiger partial charge on any atom is -0.372 e. The molecular formula is C21H26N2O. The second-order valence-corrected chi connectivity index (χ2v) is 6.72. The van der Waals surface area contributed by atoms with Crippen LogP contribution < -0.4 is 10.2 Å². The van der Waals surface area contributed by atoms with Gasteiger partial charge in [-0.2, -0.15) is 0 Å². The van der Waals surface area contributed by atoms with Gasteiger partial charge in [0.05, 0.1) is 0 Å². The Kier molecular flexibility index (Phi) is 5.19. The van der Waals surface area contributed by atoms with E-state index in [1.807, 2.05) is 44.2 Å². The summed E-state index contributed by atoms with van der Waals surface area (Å²) >= 11 is 0. The molecule has 0 aromatic heterocycles. The number of hydrogen-bond donors (Lipinski definition) is 1. The van der Waals surface area contributed by atoms with Crippen LogP contribution in [0.15, 0.2) is 42.5 Å². The highest BCUT2D eigenvalue weighted by molar-refractivity contribution is 6.05. The molecule has 0 atom stereocenters. The summed E-state index contributed by atoms with van der Waals surface area (Å²) in [6, 6.07) is 14.2. The molecule has 1 saturated heterocycles. The van der Waals surface area contributed by atoms with Gasteiger partial charge in [-0.3, -0.25) is 4.79 Å². The average molecular weight is 322 g/mol. The van der Waals surface area contributed by atoms with Crippen LogP contribution in [-0.4, -0.2) is 19.0 Å². The Labute approximate surface area is 144 Å². The molecule has 0 bridgehead atoms. The molecule has 2 aromatic rings. The van der Waals surface area contributed by atoms with Crippen LogP contribution in [0.2, 0.25) is 0 Å². The Balaban J connectivity index is 1.69. The Morgan fingerprint density at radius 3 is 2.25 bits per heavy atom. The van der Waals surface area contributed by atoms with Gasteiger partial charge in [-0.05, 0) is 62.6 Å². The zero-order valence-electron chi connectivity index (χ0n) is 14.6. The van der Waals surface area contributed by atoms with Crippen LogP contribution >= 0.6 is 0 Å². The van der Waals surface area contributed by atoms with E-state index in [-0.39, 0.29) is 5.91 Å². The van der Waals surface area contributed by atoms with Gasteiger partial charge in [0.25, 0.3) is 5.91 Å². The largest absolute Gasteiger partial charge is 0.372 e. The number of aryl methyl sites for hydroxylation is 2. The van der Waals surface area contributed by atoms with Crippen LogP contribution in [0.1, 0.15) is 47.2 Å². The third kappa shape index (κ3) is 3.97. The second-order valence-electron chi connectivity index (χ2n) is 6.72. The molecule has 0 unspecified atom stereocenters. The zero-order chi connectivity index (χ0) is 16.9. The number of nitrogens with one attached hydrogen (secondary N) is 1. The van der Waals surface area contributed by atoms with Crippen LogP contribution in [-0.2, 0) is 0 Å². The van der Waals surface area contributed by atoms with Gasteiger partial charge >= 0.3 is 0 Å². The Bertz CT molecular complexity index is 698. The summed E-state index contributed by atoms with van der Waals surface area (Å²) < 4.78 is 0. The van der Waals surface area contributed by atoms with E-state index < -0.39 is 0 Å². The van der Waals surface area contributed by atoms with Crippen molar-refractivity contribution in [1.29, 1.82) is 0 Å². The minimum absolute atomic E-state index is 0.0428. The predicted octanol–water partition coefficient (Wildman–Crippen LogP) is 4.94. The van der Waals surface area contributed by atoms with E-state index in [0.29, 0.717) is 0 Å². The molecule has 0 saturated carbocycles. The standard InChI is InChI=1S/C21H26N2O/c1-16-7-8-17(2)20(15-16)21(24)22-18-9-11-19(12-10-18)23-13-5-3-4-6-14-23/h7-12,15H,3-6,13-14H2,1-2H3,(H,22,24). The molecule has 3 nitrogen and oxygen atoms in total. The van der Waals surface area contributed by atoms with E-state index in [2.05, 4.69) is 22.3 Å². The van der Waals surface area contributed by atoms with Crippen molar-refractivity contribution in [2.45, 2.75) is 39.5 Å². The summed E-state index contributed by atoms with van der Waals surface area (Å²) in [5.41, 5.74) is 4.94. The molecule has 0 radical (unpaired) electrons. The molecule has 24 heavy (non-hydrogen) atoms. The first-order valence-corrected chi connectivity index (χ1v) is 8.87. The summed E-state index contributed by atoms with van der Waals surface area (Å²) in [5, 5.41) is 3.01. The molecule has 1 aliphatic rings. The zero-order valence-corrected chi connectivity index (χ0v) is 14.6. The fourth-order valence-corrected chi connectivity index (χ4v) is 3.26. The van der Waals surface area contributed by atoms with Gasteiger partial charge in [0.1, 0.15) is 0 Å². The molecular weight excluding hydrogens is 296 g/mol. The maximum Gasteiger partial charge on any atom is 0.255 e. The van der Waals surface area contributed by atoms with Crippen molar-refractivity contribution in [3.8, 4) is 0 Å². The van der Waals surface area contributed by atoms with Crippen molar-refractivity contribution in [3.63, 3.8) is 0 Å². The van der Waals surface area contributed by atoms with E-state index in [9.17, 15) is 4.79 Å². The summed E-state index contributed by atoms with van der Waals surface area (Å²) in [4.78, 5) is 14.9. The monoisotopic (exact) mass is 322 g/mol. The quantitative estimate of drug-likeness (QED) is 0.868. The first-order valence-electron chi connectivity index (χ1n) is 8.87. The van der Waals surface area contributed by atoms with Crippen LogP contribution in [0.4, 0.5) is 11.4 Å². The number of amides is 1. The Morgan fingerprint density at radius 2 is 1.58 bits per heavy atom. The summed E-state index contributed by atoms with van der Waals surface area (Å²) in [6.07, 6.45) is 5.21. The molecule has 1 N–H and O–H groups in total. The average Bonchev–Trinajstić information content (AvgIpc) is 2.87. The Morgan fingerprint density at radius 1 is 0.917 bits per heavy atom. The Hall–Kier alpha value is -2.29. The van der Waals surface area contributed by atoms with Gasteiger partial charge in [-0.25, -0.2) is 0 Å². The van der Waals surface area contributed by atoms with E-state index in [0.717, 1.165) is 35.5 Å². The molecule has 126 valence electrons. The topological polar surface area (TPSA) is 32.3 Å². The van der Waals surface area contributed by atoms with Gasteiger partial charge in [0, 0.05) is 30.0 Å². The lowest BCUT2D eigenvalue weighted by molar-refractivity contribution is 0.102. The highest BCUT2D eigenvalue weighted by Crippen LogP contribution is 2.22. The maximum atomic E-state index is 12.5. The fourth-order valence-electron chi connectivity index (χ4n) is 3.26. The number of benzene rings is 2.